The summed E-state index contributed by atoms with van der Waals surface area (Å²) < 4.78 is 0. The Morgan fingerprint density at radius 1 is 1.35 bits per heavy atom. The number of hydrogen-bond acceptors (Lipinski definition) is 3. The fourth-order valence-corrected chi connectivity index (χ4v) is 3.11. The van der Waals surface area contributed by atoms with Crippen LogP contribution >= 0.6 is 11.3 Å². The number of thiophene rings is 1. The van der Waals surface area contributed by atoms with Crippen molar-refractivity contribution in [3.8, 4) is 0 Å². The summed E-state index contributed by atoms with van der Waals surface area (Å²) in [4.78, 5) is 25.0. The Morgan fingerprint density at radius 3 is 2.45 bits per heavy atom. The molecule has 1 aromatic heterocycles. The zero-order valence-corrected chi connectivity index (χ0v) is 13.1. The van der Waals surface area contributed by atoms with Crippen LogP contribution in [0.5, 0.6) is 0 Å². The summed E-state index contributed by atoms with van der Waals surface area (Å²) in [6.07, 6.45) is 0.527. The SMILES string of the molecule is CCC(CC(=O)O)NC(=O)NC(C)c1cc(C)sc1C. The predicted octanol–water partition coefficient (Wildman–Crippen LogP) is 2.98. The maximum Gasteiger partial charge on any atom is 0.315 e. The number of carboxylic acids is 1. The van der Waals surface area contributed by atoms with Crippen molar-refractivity contribution in [3.05, 3.63) is 21.4 Å². The molecular weight excluding hydrogens is 276 g/mol. The summed E-state index contributed by atoms with van der Waals surface area (Å²) >= 11 is 1.70. The van der Waals surface area contributed by atoms with Gasteiger partial charge in [0.1, 0.15) is 0 Å². The second-order valence-corrected chi connectivity index (χ2v) is 6.37. The molecule has 2 amide bonds. The highest BCUT2D eigenvalue weighted by Gasteiger charge is 2.17. The summed E-state index contributed by atoms with van der Waals surface area (Å²) in [6.45, 7) is 7.84. The standard InChI is InChI=1S/C14H22N2O3S/c1-5-11(7-13(17)18)16-14(19)15-9(3)12-6-8(2)20-10(12)4/h6,9,11H,5,7H2,1-4H3,(H,17,18)(H2,15,16,19). The van der Waals surface area contributed by atoms with Crippen molar-refractivity contribution >= 4 is 23.3 Å². The van der Waals surface area contributed by atoms with E-state index in [2.05, 4.69) is 16.7 Å². The topological polar surface area (TPSA) is 78.4 Å². The highest BCUT2D eigenvalue weighted by Crippen LogP contribution is 2.25. The van der Waals surface area contributed by atoms with Gasteiger partial charge in [-0.15, -0.1) is 11.3 Å². The van der Waals surface area contributed by atoms with Crippen LogP contribution in [0.15, 0.2) is 6.07 Å². The molecule has 0 fully saturated rings. The quantitative estimate of drug-likeness (QED) is 0.755. The third-order valence-corrected chi connectivity index (χ3v) is 4.12. The summed E-state index contributed by atoms with van der Waals surface area (Å²) in [5.74, 6) is -0.908. The van der Waals surface area contributed by atoms with Crippen LogP contribution in [0.3, 0.4) is 0 Å². The Bertz CT molecular complexity index is 485. The van der Waals surface area contributed by atoms with Crippen molar-refractivity contribution in [3.63, 3.8) is 0 Å². The maximum absolute atomic E-state index is 11.9. The Balaban J connectivity index is 2.57. The first kappa shape index (κ1) is 16.5. The summed E-state index contributed by atoms with van der Waals surface area (Å²) in [6, 6.07) is 1.31. The normalized spacial score (nSPS) is 13.6. The summed E-state index contributed by atoms with van der Waals surface area (Å²) in [7, 11) is 0. The van der Waals surface area contributed by atoms with Gasteiger partial charge in [-0.05, 0) is 38.8 Å². The number of carbonyl (C=O) groups excluding carboxylic acids is 1. The number of aryl methyl sites for hydroxylation is 2. The molecule has 20 heavy (non-hydrogen) atoms. The van der Waals surface area contributed by atoms with E-state index in [1.807, 2.05) is 27.7 Å². The minimum absolute atomic E-state index is 0.0606. The molecule has 3 N–H and O–H groups in total. The van der Waals surface area contributed by atoms with Gasteiger partial charge in [0.15, 0.2) is 0 Å². The highest BCUT2D eigenvalue weighted by molar-refractivity contribution is 7.12. The molecule has 0 aromatic carbocycles. The predicted molar refractivity (Wildman–Crippen MR) is 80.2 cm³/mol. The zero-order valence-electron chi connectivity index (χ0n) is 12.3. The molecule has 0 aliphatic heterocycles. The second-order valence-electron chi connectivity index (χ2n) is 4.91. The molecule has 1 aromatic rings. The molecule has 1 heterocycles. The second kappa shape index (κ2) is 7.28. The van der Waals surface area contributed by atoms with Gasteiger partial charge in [-0.2, -0.15) is 0 Å². The van der Waals surface area contributed by atoms with Crippen molar-refractivity contribution in [1.82, 2.24) is 10.6 Å². The average Bonchev–Trinajstić information content (AvgIpc) is 2.66. The molecule has 2 atom stereocenters. The fourth-order valence-electron chi connectivity index (χ4n) is 2.09. The van der Waals surface area contributed by atoms with Crippen LogP contribution in [0.4, 0.5) is 4.79 Å². The van der Waals surface area contributed by atoms with Crippen molar-refractivity contribution < 1.29 is 14.7 Å². The molecule has 0 bridgehead atoms. The lowest BCUT2D eigenvalue weighted by molar-refractivity contribution is -0.137. The summed E-state index contributed by atoms with van der Waals surface area (Å²) in [5, 5.41) is 14.3. The number of amides is 2. The van der Waals surface area contributed by atoms with Gasteiger partial charge >= 0.3 is 12.0 Å². The van der Waals surface area contributed by atoms with Crippen molar-refractivity contribution in [1.29, 1.82) is 0 Å². The number of nitrogens with one attached hydrogen (secondary N) is 2. The Morgan fingerprint density at radius 2 is 2.00 bits per heavy atom. The van der Waals surface area contributed by atoms with E-state index < -0.39 is 5.97 Å². The van der Waals surface area contributed by atoms with Crippen molar-refractivity contribution in [2.24, 2.45) is 0 Å². The highest BCUT2D eigenvalue weighted by atomic mass is 32.1. The number of carbonyl (C=O) groups is 2. The molecule has 1 rings (SSSR count). The molecule has 0 radical (unpaired) electrons. The van der Waals surface area contributed by atoms with E-state index in [-0.39, 0.29) is 24.5 Å². The lowest BCUT2D eigenvalue weighted by Gasteiger charge is -2.19. The van der Waals surface area contributed by atoms with Gasteiger partial charge in [0.2, 0.25) is 0 Å². The van der Waals surface area contributed by atoms with Crippen molar-refractivity contribution in [2.75, 3.05) is 0 Å². The molecule has 5 nitrogen and oxygen atoms in total. The van der Waals surface area contributed by atoms with Crippen LogP contribution in [0.2, 0.25) is 0 Å². The van der Waals surface area contributed by atoms with Crippen molar-refractivity contribution in [2.45, 2.75) is 52.6 Å². The van der Waals surface area contributed by atoms with E-state index in [4.69, 9.17) is 5.11 Å². The molecule has 0 spiro atoms. The fraction of sp³-hybridized carbons (Fsp3) is 0.571. The van der Waals surface area contributed by atoms with Crippen LogP contribution in [0, 0.1) is 13.8 Å². The van der Waals surface area contributed by atoms with Crippen LogP contribution in [0.25, 0.3) is 0 Å². The first-order valence-electron chi connectivity index (χ1n) is 6.69. The van der Waals surface area contributed by atoms with E-state index in [0.29, 0.717) is 6.42 Å². The smallest absolute Gasteiger partial charge is 0.315 e. The van der Waals surface area contributed by atoms with Gasteiger partial charge in [0, 0.05) is 15.8 Å². The van der Waals surface area contributed by atoms with Crippen LogP contribution in [0.1, 0.15) is 48.0 Å². The van der Waals surface area contributed by atoms with E-state index >= 15 is 0 Å². The molecule has 0 saturated heterocycles. The van der Waals surface area contributed by atoms with Gasteiger partial charge in [-0.1, -0.05) is 6.92 Å². The zero-order chi connectivity index (χ0) is 15.3. The Hall–Kier alpha value is -1.56. The van der Waals surface area contributed by atoms with Gasteiger partial charge in [0.25, 0.3) is 0 Å². The molecule has 0 saturated carbocycles. The van der Waals surface area contributed by atoms with Crippen LogP contribution in [-0.4, -0.2) is 23.1 Å². The minimum Gasteiger partial charge on any atom is -0.481 e. The largest absolute Gasteiger partial charge is 0.481 e. The van der Waals surface area contributed by atoms with Gasteiger partial charge in [0.05, 0.1) is 12.5 Å². The van der Waals surface area contributed by atoms with Crippen LogP contribution < -0.4 is 10.6 Å². The number of carboxylic acid groups (broad SMARTS) is 1. The van der Waals surface area contributed by atoms with E-state index in [1.165, 1.54) is 9.75 Å². The third kappa shape index (κ3) is 4.85. The molecule has 0 aliphatic carbocycles. The first-order chi connectivity index (χ1) is 9.33. The number of hydrogen-bond donors (Lipinski definition) is 3. The average molecular weight is 298 g/mol. The Labute approximate surface area is 123 Å². The molecule has 112 valence electrons. The Kier molecular flexibility index (Phi) is 6.01. The van der Waals surface area contributed by atoms with E-state index in [9.17, 15) is 9.59 Å². The van der Waals surface area contributed by atoms with E-state index in [1.54, 1.807) is 11.3 Å². The first-order valence-corrected chi connectivity index (χ1v) is 7.50. The molecule has 0 aliphatic rings. The maximum atomic E-state index is 11.9. The summed E-state index contributed by atoms with van der Waals surface area (Å²) in [5.41, 5.74) is 1.11. The molecule has 6 heteroatoms. The van der Waals surface area contributed by atoms with Gasteiger partial charge in [-0.3, -0.25) is 4.79 Å². The van der Waals surface area contributed by atoms with E-state index in [0.717, 1.165) is 5.56 Å². The van der Waals surface area contributed by atoms with Crippen LogP contribution in [-0.2, 0) is 4.79 Å². The van der Waals surface area contributed by atoms with Gasteiger partial charge < -0.3 is 15.7 Å². The monoisotopic (exact) mass is 298 g/mol. The minimum atomic E-state index is -0.908. The number of urea groups is 1. The molecular formula is C14H22N2O3S. The lowest BCUT2D eigenvalue weighted by Crippen LogP contribution is -2.43. The number of aliphatic carboxylic acids is 1. The lowest BCUT2D eigenvalue weighted by atomic mass is 10.1. The third-order valence-electron chi connectivity index (χ3n) is 3.14. The van der Waals surface area contributed by atoms with Gasteiger partial charge in [-0.25, -0.2) is 4.79 Å². The molecule has 2 unspecified atom stereocenters. The number of rotatable bonds is 6.